The molecule has 0 bridgehead atoms. The first-order valence-corrected chi connectivity index (χ1v) is 9.96. The Hall–Kier alpha value is -2.34. The summed E-state index contributed by atoms with van der Waals surface area (Å²) in [6.07, 6.45) is 4.09. The number of likely N-dealkylation sites (tertiary alicyclic amines) is 1. The van der Waals surface area contributed by atoms with Gasteiger partial charge in [-0.15, -0.1) is 0 Å². The van der Waals surface area contributed by atoms with E-state index >= 15 is 0 Å². The number of nitrogens with zero attached hydrogens (tertiary/aromatic N) is 3. The summed E-state index contributed by atoms with van der Waals surface area (Å²) >= 11 is 3.50. The molecule has 1 saturated heterocycles. The second-order valence-electron chi connectivity index (χ2n) is 7.10. The maximum atomic E-state index is 12.6. The summed E-state index contributed by atoms with van der Waals surface area (Å²) in [6.45, 7) is 4.84. The largest absolute Gasteiger partial charge is 0.488 e. The standard InChI is InChI=1S/C21H22BrN3O2/c1-14(16-6-4-3-5-7-16)24-12-17(10-21(24)26)15(2)27-20-11-18(22)13-25-19(20)8-9-23-25/h3-9,11,13-15,17H,10,12H2,1-2H3/t14-,15-,17-/m1/s1. The Morgan fingerprint density at radius 3 is 2.78 bits per heavy atom. The fourth-order valence-corrected chi connectivity index (χ4v) is 4.12. The molecule has 1 aromatic carbocycles. The van der Waals surface area contributed by atoms with E-state index in [0.717, 1.165) is 21.3 Å². The zero-order valence-electron chi connectivity index (χ0n) is 15.4. The Balaban J connectivity index is 1.49. The lowest BCUT2D eigenvalue weighted by atomic mass is 10.0. The first kappa shape index (κ1) is 18.0. The highest BCUT2D eigenvalue weighted by molar-refractivity contribution is 9.10. The minimum atomic E-state index is -0.0741. The summed E-state index contributed by atoms with van der Waals surface area (Å²) in [7, 11) is 0. The van der Waals surface area contributed by atoms with Gasteiger partial charge in [0.2, 0.25) is 5.91 Å². The zero-order chi connectivity index (χ0) is 19.0. The number of aromatic nitrogens is 2. The summed E-state index contributed by atoms with van der Waals surface area (Å²) in [5.74, 6) is 1.12. The van der Waals surface area contributed by atoms with Gasteiger partial charge in [0, 0.05) is 29.6 Å². The van der Waals surface area contributed by atoms with Gasteiger partial charge in [-0.25, -0.2) is 4.52 Å². The third-order valence-corrected chi connectivity index (χ3v) is 5.79. The van der Waals surface area contributed by atoms with Crippen molar-refractivity contribution in [2.24, 2.45) is 5.92 Å². The molecule has 3 atom stereocenters. The molecule has 140 valence electrons. The van der Waals surface area contributed by atoms with E-state index in [4.69, 9.17) is 4.74 Å². The van der Waals surface area contributed by atoms with Crippen molar-refractivity contribution in [3.63, 3.8) is 0 Å². The molecular formula is C21H22BrN3O2. The maximum Gasteiger partial charge on any atom is 0.223 e. The van der Waals surface area contributed by atoms with E-state index < -0.39 is 0 Å². The molecule has 0 radical (unpaired) electrons. The van der Waals surface area contributed by atoms with Gasteiger partial charge >= 0.3 is 0 Å². The van der Waals surface area contributed by atoms with Crippen LogP contribution in [0.2, 0.25) is 0 Å². The van der Waals surface area contributed by atoms with Crippen molar-refractivity contribution in [3.8, 4) is 5.75 Å². The second-order valence-corrected chi connectivity index (χ2v) is 8.02. The number of halogens is 1. The number of hydrogen-bond donors (Lipinski definition) is 0. The quantitative estimate of drug-likeness (QED) is 0.603. The zero-order valence-corrected chi connectivity index (χ0v) is 17.0. The highest BCUT2D eigenvalue weighted by Crippen LogP contribution is 2.33. The fraction of sp³-hybridized carbons (Fsp3) is 0.333. The van der Waals surface area contributed by atoms with Crippen LogP contribution in [0.3, 0.4) is 0 Å². The lowest BCUT2D eigenvalue weighted by molar-refractivity contribution is -0.129. The molecule has 1 amide bonds. The van der Waals surface area contributed by atoms with E-state index in [1.807, 2.05) is 48.4 Å². The fourth-order valence-electron chi connectivity index (χ4n) is 3.72. The van der Waals surface area contributed by atoms with Crippen LogP contribution in [0.25, 0.3) is 5.52 Å². The van der Waals surface area contributed by atoms with Crippen molar-refractivity contribution in [2.45, 2.75) is 32.4 Å². The third-order valence-electron chi connectivity index (χ3n) is 5.35. The number of pyridine rings is 1. The minimum Gasteiger partial charge on any atom is -0.488 e. The number of rotatable bonds is 5. The summed E-state index contributed by atoms with van der Waals surface area (Å²) in [4.78, 5) is 14.6. The summed E-state index contributed by atoms with van der Waals surface area (Å²) in [5, 5.41) is 4.27. The van der Waals surface area contributed by atoms with Crippen molar-refractivity contribution < 1.29 is 9.53 Å². The van der Waals surface area contributed by atoms with Crippen molar-refractivity contribution in [1.82, 2.24) is 14.5 Å². The molecule has 0 N–H and O–H groups in total. The number of carbonyl (C=O) groups excluding carboxylic acids is 1. The van der Waals surface area contributed by atoms with Crippen LogP contribution in [0, 0.1) is 5.92 Å². The predicted molar refractivity (Wildman–Crippen MR) is 108 cm³/mol. The van der Waals surface area contributed by atoms with Crippen LogP contribution in [0.4, 0.5) is 0 Å². The van der Waals surface area contributed by atoms with Gasteiger partial charge in [-0.05, 0) is 47.5 Å². The minimum absolute atomic E-state index is 0.0725. The Morgan fingerprint density at radius 1 is 1.22 bits per heavy atom. The lowest BCUT2D eigenvalue weighted by Crippen LogP contribution is -2.31. The summed E-state index contributed by atoms with van der Waals surface area (Å²) < 4.78 is 8.96. The van der Waals surface area contributed by atoms with Gasteiger partial charge < -0.3 is 9.64 Å². The molecule has 1 aliphatic rings. The van der Waals surface area contributed by atoms with Crippen molar-refractivity contribution >= 4 is 27.4 Å². The van der Waals surface area contributed by atoms with Crippen LogP contribution in [0.5, 0.6) is 5.75 Å². The average Bonchev–Trinajstić information content (AvgIpc) is 3.28. The predicted octanol–water partition coefficient (Wildman–Crippen LogP) is 4.47. The molecule has 0 unspecified atom stereocenters. The molecule has 0 saturated carbocycles. The topological polar surface area (TPSA) is 46.8 Å². The lowest BCUT2D eigenvalue weighted by Gasteiger charge is -2.26. The molecule has 1 aliphatic heterocycles. The van der Waals surface area contributed by atoms with Gasteiger partial charge in [-0.2, -0.15) is 5.10 Å². The number of benzene rings is 1. The van der Waals surface area contributed by atoms with Crippen molar-refractivity contribution in [1.29, 1.82) is 0 Å². The first-order valence-electron chi connectivity index (χ1n) is 9.17. The van der Waals surface area contributed by atoms with Crippen molar-refractivity contribution in [3.05, 3.63) is 64.9 Å². The van der Waals surface area contributed by atoms with Crippen LogP contribution in [0.15, 0.2) is 59.3 Å². The summed E-state index contributed by atoms with van der Waals surface area (Å²) in [5.41, 5.74) is 2.08. The van der Waals surface area contributed by atoms with Gasteiger partial charge in [-0.3, -0.25) is 4.79 Å². The van der Waals surface area contributed by atoms with E-state index in [1.165, 1.54) is 0 Å². The Morgan fingerprint density at radius 2 is 2.00 bits per heavy atom. The van der Waals surface area contributed by atoms with E-state index in [-0.39, 0.29) is 24.0 Å². The molecule has 2 aromatic heterocycles. The Labute approximate surface area is 167 Å². The molecule has 27 heavy (non-hydrogen) atoms. The molecule has 5 nitrogen and oxygen atoms in total. The number of amides is 1. The number of hydrogen-bond acceptors (Lipinski definition) is 3. The highest BCUT2D eigenvalue weighted by Gasteiger charge is 2.36. The molecule has 6 heteroatoms. The third kappa shape index (κ3) is 3.58. The Bertz CT molecular complexity index is 956. The number of fused-ring (bicyclic) bond motifs is 1. The van der Waals surface area contributed by atoms with Crippen molar-refractivity contribution in [2.75, 3.05) is 6.54 Å². The maximum absolute atomic E-state index is 12.6. The monoisotopic (exact) mass is 427 g/mol. The smallest absolute Gasteiger partial charge is 0.223 e. The van der Waals surface area contributed by atoms with E-state index in [0.29, 0.717) is 13.0 Å². The first-order chi connectivity index (χ1) is 13.0. The molecule has 1 fully saturated rings. The van der Waals surface area contributed by atoms with E-state index in [2.05, 4.69) is 40.1 Å². The molecule has 0 aliphatic carbocycles. The van der Waals surface area contributed by atoms with Crippen LogP contribution in [-0.4, -0.2) is 33.1 Å². The Kier molecular flexibility index (Phi) is 4.91. The molecule has 0 spiro atoms. The normalized spacial score (nSPS) is 19.4. The second kappa shape index (κ2) is 7.35. The number of ether oxygens (including phenoxy) is 1. The van der Waals surface area contributed by atoms with Gasteiger partial charge in [-0.1, -0.05) is 30.3 Å². The van der Waals surface area contributed by atoms with Gasteiger partial charge in [0.25, 0.3) is 0 Å². The van der Waals surface area contributed by atoms with E-state index in [9.17, 15) is 4.79 Å². The SMILES string of the molecule is C[C@H](c1ccccc1)N1C[C@H]([C@@H](C)Oc2cc(Br)cn3nccc23)CC1=O. The molecule has 3 aromatic rings. The van der Waals surface area contributed by atoms with Gasteiger partial charge in [0.05, 0.1) is 12.2 Å². The molecular weight excluding hydrogens is 406 g/mol. The number of carbonyl (C=O) groups is 1. The van der Waals surface area contributed by atoms with Crippen LogP contribution < -0.4 is 4.74 Å². The van der Waals surface area contributed by atoms with Crippen LogP contribution in [0.1, 0.15) is 31.9 Å². The molecule has 3 heterocycles. The highest BCUT2D eigenvalue weighted by atomic mass is 79.9. The van der Waals surface area contributed by atoms with Crippen LogP contribution >= 0.6 is 15.9 Å². The summed E-state index contributed by atoms with van der Waals surface area (Å²) in [6, 6.07) is 14.1. The average molecular weight is 428 g/mol. The van der Waals surface area contributed by atoms with E-state index in [1.54, 1.807) is 10.7 Å². The van der Waals surface area contributed by atoms with Gasteiger partial charge in [0.15, 0.2) is 0 Å². The molecule has 4 rings (SSSR count). The van der Waals surface area contributed by atoms with Gasteiger partial charge in [0.1, 0.15) is 17.4 Å². The van der Waals surface area contributed by atoms with Crippen LogP contribution in [-0.2, 0) is 4.79 Å².